The molecule has 0 spiro atoms. The number of rotatable bonds is 11. The van der Waals surface area contributed by atoms with Crippen LogP contribution in [0.2, 0.25) is 0 Å². The highest BCUT2D eigenvalue weighted by molar-refractivity contribution is 8.00. The monoisotopic (exact) mass is 888 g/mol. The maximum Gasteiger partial charge on any atom is 0.316 e. The number of hydrogen-bond donors (Lipinski definition) is 1. The Hall–Kier alpha value is -6.08. The van der Waals surface area contributed by atoms with Crippen LogP contribution in [-0.4, -0.2) is 54.3 Å². The van der Waals surface area contributed by atoms with Crippen LogP contribution in [0.1, 0.15) is 6.92 Å². The molecule has 8 aromatic rings. The fraction of sp³-hybridized carbons (Fsp3) is 0.0952. The Morgan fingerprint density at radius 1 is 0.617 bits per heavy atom. The number of ether oxygens (including phenoxy) is 1. The SMILES string of the molecule is CCOC(=O)CSc1nc2scc(-c3ccc(F)cc3)c2c(=O)n1-c1ccc(F)cc1.O=C(O)CSc1nc2scc(-c3ccc(F)cc3)c2c(=O)n1-c1ccc(F)cc1. The number of aromatic nitrogens is 4. The Bertz CT molecular complexity index is 2970. The molecular formula is C42H28F4N4O6S4. The molecule has 0 saturated carbocycles. The molecule has 304 valence electrons. The summed E-state index contributed by atoms with van der Waals surface area (Å²) in [6.45, 7) is 1.96. The third-order valence-electron chi connectivity index (χ3n) is 8.58. The summed E-state index contributed by atoms with van der Waals surface area (Å²) in [4.78, 5) is 59.8. The fourth-order valence-electron chi connectivity index (χ4n) is 5.91. The Labute approximate surface area is 353 Å². The second-order valence-corrected chi connectivity index (χ2v) is 16.1. The average molecular weight is 889 g/mol. The number of esters is 1. The molecule has 0 radical (unpaired) electrons. The summed E-state index contributed by atoms with van der Waals surface area (Å²) in [6, 6.07) is 22.4. The highest BCUT2D eigenvalue weighted by atomic mass is 32.2. The number of aliphatic carboxylic acids is 1. The van der Waals surface area contributed by atoms with Gasteiger partial charge in [0.15, 0.2) is 10.3 Å². The molecule has 0 aliphatic heterocycles. The Balaban J connectivity index is 0.000000182. The summed E-state index contributed by atoms with van der Waals surface area (Å²) in [5, 5.41) is 13.8. The third kappa shape index (κ3) is 9.21. The fourth-order valence-corrected chi connectivity index (χ4v) is 9.43. The minimum Gasteiger partial charge on any atom is -0.481 e. The van der Waals surface area contributed by atoms with Gasteiger partial charge in [0.2, 0.25) is 0 Å². The quantitative estimate of drug-likeness (QED) is 0.0580. The van der Waals surface area contributed by atoms with Crippen molar-refractivity contribution in [2.75, 3.05) is 18.1 Å². The molecule has 10 nitrogen and oxygen atoms in total. The van der Waals surface area contributed by atoms with Gasteiger partial charge in [0, 0.05) is 21.9 Å². The van der Waals surface area contributed by atoms with E-state index in [0.717, 1.165) is 23.5 Å². The van der Waals surface area contributed by atoms with E-state index in [1.54, 1.807) is 41.9 Å². The molecule has 60 heavy (non-hydrogen) atoms. The van der Waals surface area contributed by atoms with Crippen LogP contribution >= 0.6 is 46.2 Å². The summed E-state index contributed by atoms with van der Waals surface area (Å²) >= 11 is 4.50. The summed E-state index contributed by atoms with van der Waals surface area (Å²) in [7, 11) is 0. The van der Waals surface area contributed by atoms with Crippen LogP contribution in [-0.2, 0) is 14.3 Å². The minimum atomic E-state index is -1.05. The first-order valence-electron chi connectivity index (χ1n) is 17.7. The van der Waals surface area contributed by atoms with Crippen LogP contribution < -0.4 is 11.1 Å². The highest BCUT2D eigenvalue weighted by Crippen LogP contribution is 2.35. The van der Waals surface area contributed by atoms with Gasteiger partial charge >= 0.3 is 11.9 Å². The van der Waals surface area contributed by atoms with Gasteiger partial charge in [0.25, 0.3) is 11.1 Å². The van der Waals surface area contributed by atoms with Crippen LogP contribution in [0.3, 0.4) is 0 Å². The number of carbonyl (C=O) groups excluding carboxylic acids is 1. The maximum absolute atomic E-state index is 13.6. The maximum atomic E-state index is 13.6. The standard InChI is InChI=1S/C22H16F2N2O3S2.C20H12F2N2O3S2/c1-2-29-18(27)12-31-22-25-20-19(17(11-30-20)13-3-5-14(23)6-4-13)21(28)26(22)16-9-7-15(24)8-10-16;21-12-3-1-11(2-4-12)15-9-28-18-17(15)19(27)24(14-7-5-13(22)6-8-14)20(23-18)29-10-16(25)26/h3-11H,2,12H2,1H3;1-9H,10H2,(H,25,26). The van der Waals surface area contributed by atoms with Crippen molar-refractivity contribution in [2.45, 2.75) is 17.2 Å². The van der Waals surface area contributed by atoms with E-state index < -0.39 is 29.1 Å². The Morgan fingerprint density at radius 3 is 1.35 bits per heavy atom. The van der Waals surface area contributed by atoms with Crippen molar-refractivity contribution in [2.24, 2.45) is 0 Å². The van der Waals surface area contributed by atoms with Crippen LogP contribution in [0.15, 0.2) is 128 Å². The highest BCUT2D eigenvalue weighted by Gasteiger charge is 2.21. The van der Waals surface area contributed by atoms with E-state index in [9.17, 15) is 36.7 Å². The van der Waals surface area contributed by atoms with Gasteiger partial charge in [-0.25, -0.2) is 27.5 Å². The number of thiophene rings is 2. The number of thioether (sulfide) groups is 2. The first-order valence-corrected chi connectivity index (χ1v) is 21.4. The van der Waals surface area contributed by atoms with Crippen molar-refractivity contribution in [3.05, 3.63) is 152 Å². The Morgan fingerprint density at radius 2 is 0.983 bits per heavy atom. The second-order valence-electron chi connectivity index (χ2n) is 12.5. The first kappa shape index (κ1) is 42.1. The van der Waals surface area contributed by atoms with E-state index in [1.807, 2.05) is 0 Å². The summed E-state index contributed by atoms with van der Waals surface area (Å²) < 4.78 is 61.1. The summed E-state index contributed by atoms with van der Waals surface area (Å²) in [5.74, 6) is -3.44. The van der Waals surface area contributed by atoms with Crippen LogP contribution in [0.25, 0.3) is 54.1 Å². The third-order valence-corrected chi connectivity index (χ3v) is 12.2. The van der Waals surface area contributed by atoms with Crippen LogP contribution in [0.5, 0.6) is 0 Å². The first-order chi connectivity index (χ1) is 28.9. The minimum absolute atomic E-state index is 0.0246. The molecule has 4 aromatic heterocycles. The lowest BCUT2D eigenvalue weighted by molar-refractivity contribution is -0.140. The van der Waals surface area contributed by atoms with E-state index in [1.165, 1.54) is 105 Å². The predicted octanol–water partition coefficient (Wildman–Crippen LogP) is 9.62. The number of hydrogen-bond acceptors (Lipinski definition) is 11. The van der Waals surface area contributed by atoms with Gasteiger partial charge in [-0.15, -0.1) is 22.7 Å². The van der Waals surface area contributed by atoms with E-state index in [0.29, 0.717) is 59.2 Å². The lowest BCUT2D eigenvalue weighted by atomic mass is 10.1. The number of nitrogens with zero attached hydrogens (tertiary/aromatic N) is 4. The normalized spacial score (nSPS) is 11.1. The number of benzene rings is 4. The van der Waals surface area contributed by atoms with Crippen molar-refractivity contribution in [3.63, 3.8) is 0 Å². The molecule has 0 fully saturated rings. The lowest BCUT2D eigenvalue weighted by Gasteiger charge is -2.12. The number of carboxylic acids is 1. The van der Waals surface area contributed by atoms with Crippen molar-refractivity contribution >= 4 is 78.6 Å². The molecule has 1 N–H and O–H groups in total. The molecule has 4 heterocycles. The summed E-state index contributed by atoms with van der Waals surface area (Å²) in [5.41, 5.74) is 2.61. The zero-order valence-electron chi connectivity index (χ0n) is 30.9. The van der Waals surface area contributed by atoms with Crippen molar-refractivity contribution in [1.82, 2.24) is 19.1 Å². The molecule has 8 rings (SSSR count). The number of fused-ring (bicyclic) bond motifs is 2. The number of carbonyl (C=O) groups is 2. The molecule has 0 saturated heterocycles. The van der Waals surface area contributed by atoms with Gasteiger partial charge in [0.05, 0.1) is 40.3 Å². The van der Waals surface area contributed by atoms with Crippen LogP contribution in [0, 0.1) is 23.3 Å². The largest absolute Gasteiger partial charge is 0.481 e. The smallest absolute Gasteiger partial charge is 0.316 e. The molecule has 0 unspecified atom stereocenters. The molecule has 0 aliphatic rings. The topological polar surface area (TPSA) is 133 Å². The lowest BCUT2D eigenvalue weighted by Crippen LogP contribution is -2.22. The van der Waals surface area contributed by atoms with Crippen LogP contribution in [0.4, 0.5) is 17.6 Å². The van der Waals surface area contributed by atoms with Crippen molar-refractivity contribution in [1.29, 1.82) is 0 Å². The molecule has 18 heteroatoms. The van der Waals surface area contributed by atoms with E-state index >= 15 is 0 Å². The molecule has 0 aliphatic carbocycles. The van der Waals surface area contributed by atoms with Crippen molar-refractivity contribution < 1.29 is 37.0 Å². The van der Waals surface area contributed by atoms with Crippen molar-refractivity contribution in [3.8, 4) is 33.6 Å². The molecule has 0 atom stereocenters. The van der Waals surface area contributed by atoms with Gasteiger partial charge in [-0.1, -0.05) is 47.8 Å². The van der Waals surface area contributed by atoms with E-state index in [4.69, 9.17) is 9.84 Å². The average Bonchev–Trinajstić information content (AvgIpc) is 3.87. The van der Waals surface area contributed by atoms with Gasteiger partial charge in [-0.2, -0.15) is 0 Å². The Kier molecular flexibility index (Phi) is 12.9. The zero-order valence-corrected chi connectivity index (χ0v) is 34.2. The predicted molar refractivity (Wildman–Crippen MR) is 227 cm³/mol. The van der Waals surface area contributed by atoms with E-state index in [2.05, 4.69) is 9.97 Å². The summed E-state index contributed by atoms with van der Waals surface area (Å²) in [6.07, 6.45) is 0. The second kappa shape index (κ2) is 18.5. The van der Waals surface area contributed by atoms with Gasteiger partial charge in [0.1, 0.15) is 32.9 Å². The number of carboxylic acid groups (broad SMARTS) is 1. The van der Waals surface area contributed by atoms with E-state index in [-0.39, 0.29) is 40.5 Å². The zero-order chi connectivity index (χ0) is 42.5. The van der Waals surface area contributed by atoms with Gasteiger partial charge in [-0.3, -0.25) is 28.3 Å². The number of halogens is 4. The van der Waals surface area contributed by atoms with Gasteiger partial charge < -0.3 is 9.84 Å². The molecule has 0 amide bonds. The molecule has 4 aromatic carbocycles. The molecule has 0 bridgehead atoms. The van der Waals surface area contributed by atoms with Gasteiger partial charge in [-0.05, 0) is 90.8 Å². The molecular weight excluding hydrogens is 861 g/mol.